The van der Waals surface area contributed by atoms with Gasteiger partial charge in [0.15, 0.2) is 0 Å². The van der Waals surface area contributed by atoms with E-state index in [1.54, 1.807) is 0 Å². The molecule has 0 heterocycles. The van der Waals surface area contributed by atoms with Crippen molar-refractivity contribution in [1.29, 1.82) is 0 Å². The van der Waals surface area contributed by atoms with Crippen molar-refractivity contribution in [2.75, 3.05) is 138 Å². The lowest BCUT2D eigenvalue weighted by Crippen LogP contribution is -2.47. The van der Waals surface area contributed by atoms with E-state index in [0.29, 0.717) is 105 Å². The summed E-state index contributed by atoms with van der Waals surface area (Å²) in [4.78, 5) is 65.7. The van der Waals surface area contributed by atoms with Gasteiger partial charge in [0.25, 0.3) is 0 Å². The van der Waals surface area contributed by atoms with Crippen LogP contribution in [0.2, 0.25) is 0 Å². The number of hydrogen-bond donors (Lipinski definition) is 5. The second kappa shape index (κ2) is 43.2. The first-order chi connectivity index (χ1) is 28.8. The van der Waals surface area contributed by atoms with Crippen molar-refractivity contribution in [1.82, 2.24) is 21.3 Å². The molecule has 59 heavy (non-hydrogen) atoms. The van der Waals surface area contributed by atoms with Gasteiger partial charge in [-0.05, 0) is 36.7 Å². The van der Waals surface area contributed by atoms with E-state index >= 15 is 0 Å². The topological polar surface area (TPSA) is 325 Å². The van der Waals surface area contributed by atoms with E-state index in [9.17, 15) is 24.0 Å². The molecule has 0 aliphatic heterocycles. The van der Waals surface area contributed by atoms with Crippen LogP contribution < -0.4 is 21.3 Å². The molecule has 5 N–H and O–H groups in total. The fourth-order valence-electron chi connectivity index (χ4n) is 4.45. The van der Waals surface area contributed by atoms with E-state index in [1.807, 2.05) is 0 Å². The first kappa shape index (κ1) is 54.6. The number of hydrogen-bond acceptors (Lipinski definition) is 15. The molecule has 0 saturated heterocycles. The number of carbonyl (C=O) groups is 5. The molecule has 0 saturated carbocycles. The molecule has 0 bridgehead atoms. The Bertz CT molecular complexity index is 1210. The number of carboxylic acids is 1. The maximum Gasteiger partial charge on any atom is 0.305 e. The molecule has 0 radical (unpaired) electrons. The minimum absolute atomic E-state index is 0.0563. The summed E-state index contributed by atoms with van der Waals surface area (Å²) in [5.41, 5.74) is 16.4. The zero-order valence-electron chi connectivity index (χ0n) is 34.0. The Morgan fingerprint density at radius 3 is 1.37 bits per heavy atom. The zero-order chi connectivity index (χ0) is 43.3. The molecule has 0 aliphatic rings. The molecule has 0 unspecified atom stereocenters. The van der Waals surface area contributed by atoms with Crippen LogP contribution in [0.3, 0.4) is 0 Å². The lowest BCUT2D eigenvalue weighted by atomic mass is 10.1. The molecule has 24 heteroatoms. The van der Waals surface area contributed by atoms with Crippen molar-refractivity contribution in [3.8, 4) is 0 Å². The smallest absolute Gasteiger partial charge is 0.305 e. The van der Waals surface area contributed by atoms with Crippen LogP contribution in [0.25, 0.3) is 20.9 Å². The molecule has 0 aromatic rings. The van der Waals surface area contributed by atoms with E-state index in [1.165, 1.54) is 0 Å². The minimum Gasteiger partial charge on any atom is -0.481 e. The molecular weight excluding hydrogens is 784 g/mol. The third kappa shape index (κ3) is 41.6. The standard InChI is InChI=1S/C35H64N10O14/c36-44-41-12-18-56-23-20-52-14-6-31(46)38-9-2-1-4-30(35(51)40-11-17-55-25-27-59-29-28-58-26-22-54-16-8-34(49)50)43-33(48)5-3-10-39-32(47)7-15-53-21-24-57-19-13-42-45-37/h30H,1-29H2,(H,38,46)(H,39,47)(H,40,51)(H,43,48)(H,49,50)/t30-/m0/s1. The highest BCUT2D eigenvalue weighted by Gasteiger charge is 2.20. The molecule has 0 fully saturated rings. The van der Waals surface area contributed by atoms with Crippen molar-refractivity contribution < 1.29 is 67.0 Å². The fraction of sp³-hybridized carbons (Fsp3) is 0.857. The normalized spacial score (nSPS) is 11.2. The van der Waals surface area contributed by atoms with E-state index < -0.39 is 12.0 Å². The van der Waals surface area contributed by atoms with Gasteiger partial charge in [0.2, 0.25) is 23.6 Å². The lowest BCUT2D eigenvalue weighted by Gasteiger charge is -2.19. The van der Waals surface area contributed by atoms with E-state index in [2.05, 4.69) is 41.3 Å². The fourth-order valence-corrected chi connectivity index (χ4v) is 4.45. The Morgan fingerprint density at radius 1 is 0.475 bits per heavy atom. The first-order valence-electron chi connectivity index (χ1n) is 19.8. The molecule has 0 aliphatic carbocycles. The van der Waals surface area contributed by atoms with Crippen LogP contribution in [0.4, 0.5) is 0 Å². The van der Waals surface area contributed by atoms with Crippen molar-refractivity contribution >= 4 is 29.6 Å². The highest BCUT2D eigenvalue weighted by Crippen LogP contribution is 2.03. The molecule has 0 aromatic carbocycles. The number of nitrogens with one attached hydrogen (secondary N) is 4. The third-order valence-electron chi connectivity index (χ3n) is 7.41. The summed E-state index contributed by atoms with van der Waals surface area (Å²) in [5, 5.41) is 26.4. The monoisotopic (exact) mass is 848 g/mol. The number of carbonyl (C=O) groups excluding carboxylic acids is 4. The largest absolute Gasteiger partial charge is 0.481 e. The Balaban J connectivity index is 4.42. The summed E-state index contributed by atoms with van der Waals surface area (Å²) in [5.74, 6) is -2.05. The average Bonchev–Trinajstić information content (AvgIpc) is 3.21. The number of azide groups is 2. The van der Waals surface area contributed by atoms with Gasteiger partial charge >= 0.3 is 5.97 Å². The second-order valence-electron chi connectivity index (χ2n) is 12.2. The van der Waals surface area contributed by atoms with Crippen LogP contribution in [0.1, 0.15) is 51.4 Å². The van der Waals surface area contributed by atoms with Gasteiger partial charge in [-0.15, -0.1) is 0 Å². The maximum atomic E-state index is 13.0. The molecule has 338 valence electrons. The number of unbranched alkanes of at least 4 members (excludes halogenated alkanes) is 1. The number of carboxylic acid groups (broad SMARTS) is 1. The summed E-state index contributed by atoms with van der Waals surface area (Å²) in [6, 6.07) is -0.818. The van der Waals surface area contributed by atoms with E-state index in [-0.39, 0.29) is 109 Å². The Hall–Kier alpha value is -4.35. The summed E-state index contributed by atoms with van der Waals surface area (Å²) in [7, 11) is 0. The molecule has 0 aromatic heterocycles. The number of ether oxygens (including phenoxy) is 8. The van der Waals surface area contributed by atoms with Gasteiger partial charge in [-0.3, -0.25) is 24.0 Å². The molecule has 0 spiro atoms. The minimum atomic E-state index is -0.919. The summed E-state index contributed by atoms with van der Waals surface area (Å²) in [6.07, 6.45) is 2.14. The van der Waals surface area contributed by atoms with Crippen molar-refractivity contribution in [3.63, 3.8) is 0 Å². The number of rotatable bonds is 44. The van der Waals surface area contributed by atoms with Gasteiger partial charge in [-0.25, -0.2) is 0 Å². The van der Waals surface area contributed by atoms with Crippen molar-refractivity contribution in [3.05, 3.63) is 20.9 Å². The zero-order valence-corrected chi connectivity index (χ0v) is 34.0. The Labute approximate surface area is 344 Å². The molecule has 24 nitrogen and oxygen atoms in total. The van der Waals surface area contributed by atoms with Crippen LogP contribution in [0, 0.1) is 0 Å². The first-order valence-corrected chi connectivity index (χ1v) is 19.8. The van der Waals surface area contributed by atoms with Crippen molar-refractivity contribution in [2.45, 2.75) is 57.4 Å². The Kier molecular flexibility index (Phi) is 40.0. The quantitative estimate of drug-likeness (QED) is 0.0245. The summed E-state index contributed by atoms with van der Waals surface area (Å²) >= 11 is 0. The SMILES string of the molecule is [N-]=[N+]=NCCOCCOCCC(=O)NCCCC[C@H](NC(=O)CCCNC(=O)CCOCCOCCN=[N+]=[N-])C(=O)NCCOCCOCCOCCOCCC(=O)O. The maximum absolute atomic E-state index is 13.0. The van der Waals surface area contributed by atoms with Gasteiger partial charge in [-0.2, -0.15) is 0 Å². The highest BCUT2D eigenvalue weighted by atomic mass is 16.6. The van der Waals surface area contributed by atoms with Crippen molar-refractivity contribution in [2.24, 2.45) is 10.2 Å². The number of aliphatic carboxylic acids is 1. The Morgan fingerprint density at radius 2 is 0.898 bits per heavy atom. The van der Waals surface area contributed by atoms with E-state index in [4.69, 9.17) is 54.1 Å². The number of nitrogens with zero attached hydrogens (tertiary/aromatic N) is 6. The average molecular weight is 849 g/mol. The van der Waals surface area contributed by atoms with Gasteiger partial charge < -0.3 is 64.3 Å². The van der Waals surface area contributed by atoms with Crippen LogP contribution in [0.15, 0.2) is 10.2 Å². The van der Waals surface area contributed by atoms with Crippen LogP contribution in [-0.4, -0.2) is 179 Å². The summed E-state index contributed by atoms with van der Waals surface area (Å²) in [6.45, 7) is 5.83. The van der Waals surface area contributed by atoms with E-state index in [0.717, 1.165) is 0 Å². The van der Waals surface area contributed by atoms with Crippen LogP contribution in [-0.2, 0) is 61.9 Å². The second-order valence-corrected chi connectivity index (χ2v) is 12.2. The third-order valence-corrected chi connectivity index (χ3v) is 7.41. The number of amides is 4. The van der Waals surface area contributed by atoms with Crippen LogP contribution in [0.5, 0.6) is 0 Å². The van der Waals surface area contributed by atoms with Gasteiger partial charge in [0, 0.05) is 61.8 Å². The molecule has 4 amide bonds. The van der Waals surface area contributed by atoms with Gasteiger partial charge in [-0.1, -0.05) is 10.2 Å². The lowest BCUT2D eigenvalue weighted by molar-refractivity contribution is -0.138. The van der Waals surface area contributed by atoms with Gasteiger partial charge in [0.1, 0.15) is 6.04 Å². The van der Waals surface area contributed by atoms with Gasteiger partial charge in [0.05, 0.1) is 112 Å². The predicted molar refractivity (Wildman–Crippen MR) is 210 cm³/mol. The summed E-state index contributed by atoms with van der Waals surface area (Å²) < 4.78 is 42.6. The molecule has 1 atom stereocenters. The highest BCUT2D eigenvalue weighted by molar-refractivity contribution is 5.87. The molecule has 0 rings (SSSR count). The molecular formula is C35H64N10O14. The van der Waals surface area contributed by atoms with Crippen LogP contribution >= 0.6 is 0 Å². The predicted octanol–water partition coefficient (Wildman–Crippen LogP) is 0.779.